The van der Waals surface area contributed by atoms with E-state index in [4.69, 9.17) is 9.84 Å². The van der Waals surface area contributed by atoms with Gasteiger partial charge in [0.25, 0.3) is 0 Å². The van der Waals surface area contributed by atoms with E-state index < -0.39 is 5.97 Å². The maximum Gasteiger partial charge on any atom is 0.303 e. The van der Waals surface area contributed by atoms with Gasteiger partial charge in [-0.2, -0.15) is 0 Å². The summed E-state index contributed by atoms with van der Waals surface area (Å²) in [5.74, 6) is -0.847. The van der Waals surface area contributed by atoms with Crippen molar-refractivity contribution >= 4 is 11.9 Å². The number of nitrogens with one attached hydrogen (secondary N) is 1. The molecule has 1 saturated heterocycles. The van der Waals surface area contributed by atoms with Gasteiger partial charge in [0, 0.05) is 25.0 Å². The van der Waals surface area contributed by atoms with Crippen LogP contribution in [0.5, 0.6) is 0 Å². The third-order valence-electron chi connectivity index (χ3n) is 3.25. The number of carboxylic acid groups (broad SMARTS) is 1. The van der Waals surface area contributed by atoms with E-state index in [1.165, 1.54) is 0 Å². The Morgan fingerprint density at radius 1 is 1.42 bits per heavy atom. The van der Waals surface area contributed by atoms with E-state index in [-0.39, 0.29) is 30.5 Å². The van der Waals surface area contributed by atoms with Crippen molar-refractivity contribution in [2.75, 3.05) is 19.8 Å². The maximum atomic E-state index is 12.1. The Hall–Kier alpha value is -1.14. The average molecular weight is 272 g/mol. The molecule has 1 aliphatic rings. The molecule has 0 bridgehead atoms. The van der Waals surface area contributed by atoms with Crippen LogP contribution in [0.2, 0.25) is 0 Å². The second-order valence-electron chi connectivity index (χ2n) is 5.27. The summed E-state index contributed by atoms with van der Waals surface area (Å²) in [7, 11) is 0. The quantitative estimate of drug-likeness (QED) is 0.734. The molecule has 1 rings (SSSR count). The summed E-state index contributed by atoms with van der Waals surface area (Å²) in [6, 6.07) is -0.173. The Labute approximate surface area is 114 Å². The van der Waals surface area contributed by atoms with Crippen LogP contribution in [-0.2, 0) is 14.3 Å². The van der Waals surface area contributed by atoms with E-state index in [0.29, 0.717) is 26.2 Å². The van der Waals surface area contributed by atoms with Crippen molar-refractivity contribution in [1.29, 1.82) is 0 Å². The fraction of sp³-hybridized carbons (Fsp3) is 0.846. The summed E-state index contributed by atoms with van der Waals surface area (Å²) in [6.45, 7) is 7.42. The lowest BCUT2D eigenvalue weighted by Gasteiger charge is -2.38. The molecule has 6 heteroatoms. The molecule has 2 unspecified atom stereocenters. The van der Waals surface area contributed by atoms with Gasteiger partial charge in [-0.1, -0.05) is 0 Å². The highest BCUT2D eigenvalue weighted by Gasteiger charge is 2.32. The van der Waals surface area contributed by atoms with E-state index in [1.54, 1.807) is 0 Å². The lowest BCUT2D eigenvalue weighted by Crippen LogP contribution is -2.57. The van der Waals surface area contributed by atoms with Crippen molar-refractivity contribution in [3.8, 4) is 0 Å². The Balaban J connectivity index is 2.60. The zero-order chi connectivity index (χ0) is 14.4. The third-order valence-corrected chi connectivity index (χ3v) is 3.25. The first-order valence-corrected chi connectivity index (χ1v) is 6.77. The van der Waals surface area contributed by atoms with Crippen LogP contribution >= 0.6 is 0 Å². The molecule has 0 aromatic rings. The fourth-order valence-corrected chi connectivity index (χ4v) is 2.25. The van der Waals surface area contributed by atoms with Crippen molar-refractivity contribution < 1.29 is 19.4 Å². The van der Waals surface area contributed by atoms with E-state index >= 15 is 0 Å². The standard InChI is InChI=1S/C13H24N2O4/c1-9(2)14-13(18)11-8-19-7-6-15(11)10(3)4-5-12(16)17/h9-11H,4-8H2,1-3H3,(H,14,18)(H,16,17). The second kappa shape index (κ2) is 7.45. The van der Waals surface area contributed by atoms with Crippen molar-refractivity contribution in [2.24, 2.45) is 0 Å². The van der Waals surface area contributed by atoms with E-state index in [9.17, 15) is 9.59 Å². The average Bonchev–Trinajstić information content (AvgIpc) is 2.35. The number of carbonyl (C=O) groups excluding carboxylic acids is 1. The van der Waals surface area contributed by atoms with Crippen molar-refractivity contribution in [1.82, 2.24) is 10.2 Å². The second-order valence-corrected chi connectivity index (χ2v) is 5.27. The van der Waals surface area contributed by atoms with Crippen LogP contribution in [0.4, 0.5) is 0 Å². The van der Waals surface area contributed by atoms with Gasteiger partial charge in [0.15, 0.2) is 0 Å². The molecule has 0 aromatic carbocycles. The predicted molar refractivity (Wildman–Crippen MR) is 70.9 cm³/mol. The summed E-state index contributed by atoms with van der Waals surface area (Å²) in [5.41, 5.74) is 0. The molecule has 0 radical (unpaired) electrons. The number of nitrogens with zero attached hydrogens (tertiary/aromatic N) is 1. The molecule has 2 atom stereocenters. The molecule has 1 amide bonds. The topological polar surface area (TPSA) is 78.9 Å². The van der Waals surface area contributed by atoms with Gasteiger partial charge in [-0.3, -0.25) is 14.5 Å². The van der Waals surface area contributed by atoms with Crippen LogP contribution < -0.4 is 5.32 Å². The van der Waals surface area contributed by atoms with Crippen molar-refractivity contribution in [3.63, 3.8) is 0 Å². The van der Waals surface area contributed by atoms with Crippen molar-refractivity contribution in [2.45, 2.75) is 51.7 Å². The number of morpholine rings is 1. The number of hydrogen-bond acceptors (Lipinski definition) is 4. The molecular weight excluding hydrogens is 248 g/mol. The van der Waals surface area contributed by atoms with Gasteiger partial charge >= 0.3 is 5.97 Å². The number of rotatable bonds is 6. The fourth-order valence-electron chi connectivity index (χ4n) is 2.25. The van der Waals surface area contributed by atoms with Gasteiger partial charge in [0.1, 0.15) is 6.04 Å². The predicted octanol–water partition coefficient (Wildman–Crippen LogP) is 0.465. The van der Waals surface area contributed by atoms with Crippen LogP contribution in [0.3, 0.4) is 0 Å². The third kappa shape index (κ3) is 5.16. The van der Waals surface area contributed by atoms with Gasteiger partial charge in [-0.25, -0.2) is 0 Å². The summed E-state index contributed by atoms with van der Waals surface area (Å²) in [6.07, 6.45) is 0.665. The van der Waals surface area contributed by atoms with E-state index in [1.807, 2.05) is 25.7 Å². The first-order chi connectivity index (χ1) is 8.91. The maximum absolute atomic E-state index is 12.1. The molecular formula is C13H24N2O4. The molecule has 0 saturated carbocycles. The zero-order valence-electron chi connectivity index (χ0n) is 11.9. The Morgan fingerprint density at radius 3 is 2.68 bits per heavy atom. The monoisotopic (exact) mass is 272 g/mol. The van der Waals surface area contributed by atoms with Crippen molar-refractivity contribution in [3.05, 3.63) is 0 Å². The summed E-state index contributed by atoms with van der Waals surface area (Å²) < 4.78 is 5.37. The normalized spacial score (nSPS) is 22.2. The molecule has 2 N–H and O–H groups in total. The number of carboxylic acids is 1. The molecule has 1 fully saturated rings. The minimum Gasteiger partial charge on any atom is -0.481 e. The highest BCUT2D eigenvalue weighted by atomic mass is 16.5. The summed E-state index contributed by atoms with van der Waals surface area (Å²) in [5, 5.41) is 11.6. The Morgan fingerprint density at radius 2 is 2.11 bits per heavy atom. The van der Waals surface area contributed by atoms with Gasteiger partial charge in [-0.05, 0) is 27.2 Å². The van der Waals surface area contributed by atoms with Crippen LogP contribution in [0.25, 0.3) is 0 Å². The molecule has 19 heavy (non-hydrogen) atoms. The van der Waals surface area contributed by atoms with Gasteiger partial charge in [-0.15, -0.1) is 0 Å². The molecule has 0 aromatic heterocycles. The number of carbonyl (C=O) groups is 2. The first-order valence-electron chi connectivity index (χ1n) is 6.77. The van der Waals surface area contributed by atoms with E-state index in [0.717, 1.165) is 0 Å². The lowest BCUT2D eigenvalue weighted by molar-refractivity contribution is -0.138. The smallest absolute Gasteiger partial charge is 0.303 e. The van der Waals surface area contributed by atoms with Crippen LogP contribution in [0.15, 0.2) is 0 Å². The molecule has 0 aliphatic carbocycles. The van der Waals surface area contributed by atoms with Crippen LogP contribution in [0.1, 0.15) is 33.6 Å². The van der Waals surface area contributed by atoms with Gasteiger partial charge in [0.2, 0.25) is 5.91 Å². The van der Waals surface area contributed by atoms with E-state index in [2.05, 4.69) is 5.32 Å². The summed E-state index contributed by atoms with van der Waals surface area (Å²) >= 11 is 0. The van der Waals surface area contributed by atoms with Crippen LogP contribution in [0, 0.1) is 0 Å². The number of ether oxygens (including phenoxy) is 1. The molecule has 110 valence electrons. The first kappa shape index (κ1) is 15.9. The minimum absolute atomic E-state index is 0.0446. The SMILES string of the molecule is CC(C)NC(=O)C1COCCN1C(C)CCC(=O)O. The van der Waals surface area contributed by atoms with Gasteiger partial charge < -0.3 is 15.2 Å². The highest BCUT2D eigenvalue weighted by Crippen LogP contribution is 2.15. The molecule has 1 heterocycles. The Kier molecular flexibility index (Phi) is 6.24. The Bertz CT molecular complexity index is 320. The summed E-state index contributed by atoms with van der Waals surface area (Å²) in [4.78, 5) is 24.8. The number of aliphatic carboxylic acids is 1. The molecule has 1 aliphatic heterocycles. The lowest BCUT2D eigenvalue weighted by atomic mass is 10.1. The molecule has 6 nitrogen and oxygen atoms in total. The number of amides is 1. The molecule has 0 spiro atoms. The number of hydrogen-bond donors (Lipinski definition) is 2. The van der Waals surface area contributed by atoms with Gasteiger partial charge in [0.05, 0.1) is 13.2 Å². The zero-order valence-corrected chi connectivity index (χ0v) is 11.9. The van der Waals surface area contributed by atoms with Crippen LogP contribution in [-0.4, -0.2) is 59.8 Å². The minimum atomic E-state index is -0.803. The largest absolute Gasteiger partial charge is 0.481 e. The highest BCUT2D eigenvalue weighted by molar-refractivity contribution is 5.82.